The van der Waals surface area contributed by atoms with Gasteiger partial charge in [0.1, 0.15) is 13.1 Å². The first-order valence-corrected chi connectivity index (χ1v) is 8.54. The maximum Gasteiger partial charge on any atom is 0.673 e. The average molecular weight is 338 g/mol. The monoisotopic (exact) mass is 338 g/mol. The molecule has 4 nitrogen and oxygen atoms in total. The molecule has 2 saturated carbocycles. The zero-order valence-electron chi connectivity index (χ0n) is 13.1. The van der Waals surface area contributed by atoms with Gasteiger partial charge in [0.15, 0.2) is 5.66 Å². The molecule has 4 bridgehead atoms. The van der Waals surface area contributed by atoms with Crippen molar-refractivity contribution in [1.82, 2.24) is 4.90 Å². The number of halogens is 4. The Morgan fingerprint density at radius 1 is 0.870 bits per heavy atom. The van der Waals surface area contributed by atoms with Crippen molar-refractivity contribution >= 4 is 7.25 Å². The highest BCUT2D eigenvalue weighted by Crippen LogP contribution is 2.76. The third-order valence-electron chi connectivity index (χ3n) is 6.72. The van der Waals surface area contributed by atoms with E-state index in [4.69, 9.17) is 9.47 Å². The van der Waals surface area contributed by atoms with Gasteiger partial charge >= 0.3 is 7.25 Å². The van der Waals surface area contributed by atoms with Gasteiger partial charge in [-0.2, -0.15) is 0 Å². The van der Waals surface area contributed by atoms with Crippen LogP contribution in [-0.2, 0) is 9.47 Å². The first-order chi connectivity index (χ1) is 10.9. The van der Waals surface area contributed by atoms with E-state index in [0.29, 0.717) is 5.66 Å². The summed E-state index contributed by atoms with van der Waals surface area (Å²) in [5.41, 5.74) is 0.540. The number of rotatable bonds is 1. The molecule has 0 unspecified atom stereocenters. The molecular weight excluding hydrogens is 315 g/mol. The molecule has 0 aromatic rings. The van der Waals surface area contributed by atoms with Crippen LogP contribution >= 0.6 is 0 Å². The molecular formula is C14H23BF4N2O2. The molecule has 0 aromatic carbocycles. The van der Waals surface area contributed by atoms with Crippen LogP contribution in [-0.4, -0.2) is 80.9 Å². The molecule has 2 aliphatic carbocycles. The second-order valence-corrected chi connectivity index (χ2v) is 7.31. The molecule has 0 amide bonds. The van der Waals surface area contributed by atoms with Gasteiger partial charge in [0, 0.05) is 37.8 Å². The van der Waals surface area contributed by atoms with Gasteiger partial charge in [0.2, 0.25) is 0 Å². The van der Waals surface area contributed by atoms with E-state index < -0.39 is 7.25 Å². The molecule has 6 aliphatic rings. The van der Waals surface area contributed by atoms with Gasteiger partial charge in [0.05, 0.1) is 32.5 Å². The lowest BCUT2D eigenvalue weighted by atomic mass is 10.2. The van der Waals surface area contributed by atoms with E-state index in [2.05, 4.69) is 4.90 Å². The normalized spacial score (nSPS) is 44.1. The lowest BCUT2D eigenvalue weighted by molar-refractivity contribution is -0.982. The molecule has 6 fully saturated rings. The second kappa shape index (κ2) is 5.31. The summed E-state index contributed by atoms with van der Waals surface area (Å²) in [5, 5.41) is 0. The molecule has 9 heteroatoms. The first-order valence-electron chi connectivity index (χ1n) is 8.54. The van der Waals surface area contributed by atoms with Gasteiger partial charge in [-0.3, -0.25) is 4.48 Å². The van der Waals surface area contributed by atoms with Crippen molar-refractivity contribution in [2.45, 2.75) is 24.5 Å². The highest BCUT2D eigenvalue weighted by molar-refractivity contribution is 6.50. The maximum atomic E-state index is 9.75. The molecule has 6 rings (SSSR count). The van der Waals surface area contributed by atoms with Crippen LogP contribution in [0.25, 0.3) is 0 Å². The topological polar surface area (TPSA) is 21.7 Å². The summed E-state index contributed by atoms with van der Waals surface area (Å²) in [7, 11) is -6.00. The highest BCUT2D eigenvalue weighted by Gasteiger charge is 2.90. The number of hydrogen-bond acceptors (Lipinski definition) is 3. The van der Waals surface area contributed by atoms with Crippen molar-refractivity contribution in [1.29, 1.82) is 0 Å². The number of quaternary nitrogens is 1. The van der Waals surface area contributed by atoms with Crippen LogP contribution in [0.2, 0.25) is 0 Å². The van der Waals surface area contributed by atoms with Crippen molar-refractivity contribution in [2.75, 3.05) is 52.6 Å². The Hall–Kier alpha value is -0.375. The number of morpholine rings is 2. The molecule has 0 N–H and O–H groups in total. The third kappa shape index (κ3) is 2.27. The Morgan fingerprint density at radius 2 is 1.35 bits per heavy atom. The van der Waals surface area contributed by atoms with Crippen molar-refractivity contribution in [2.24, 2.45) is 11.8 Å². The van der Waals surface area contributed by atoms with E-state index in [9.17, 15) is 17.3 Å². The van der Waals surface area contributed by atoms with Crippen LogP contribution < -0.4 is 0 Å². The second-order valence-electron chi connectivity index (χ2n) is 7.31. The van der Waals surface area contributed by atoms with Crippen molar-refractivity contribution in [3.05, 3.63) is 0 Å². The third-order valence-corrected chi connectivity index (χ3v) is 6.72. The number of piperidine rings is 2. The first kappa shape index (κ1) is 16.1. The summed E-state index contributed by atoms with van der Waals surface area (Å²) in [5.74, 6) is 2.03. The Morgan fingerprint density at radius 3 is 1.87 bits per heavy atom. The predicted molar refractivity (Wildman–Crippen MR) is 76.1 cm³/mol. The van der Waals surface area contributed by atoms with Crippen molar-refractivity contribution < 1.29 is 31.2 Å². The molecule has 4 aliphatic heterocycles. The molecule has 0 aromatic heterocycles. The zero-order chi connectivity index (χ0) is 16.3. The quantitative estimate of drug-likeness (QED) is 0.412. The molecule has 23 heavy (non-hydrogen) atoms. The largest absolute Gasteiger partial charge is 0.673 e. The van der Waals surface area contributed by atoms with Crippen LogP contribution in [0.3, 0.4) is 0 Å². The molecule has 4 heterocycles. The predicted octanol–water partition coefficient (Wildman–Crippen LogP) is 1.58. The summed E-state index contributed by atoms with van der Waals surface area (Å²) in [4.78, 5) is 2.82. The summed E-state index contributed by atoms with van der Waals surface area (Å²) in [6.07, 6.45) is 3.00. The van der Waals surface area contributed by atoms with Gasteiger partial charge in [-0.05, 0) is 0 Å². The summed E-state index contributed by atoms with van der Waals surface area (Å²) in [6, 6.07) is 0.965. The van der Waals surface area contributed by atoms with E-state index in [1.807, 2.05) is 0 Å². The molecule has 4 saturated heterocycles. The molecule has 0 radical (unpaired) electrons. The van der Waals surface area contributed by atoms with Crippen LogP contribution in [0.15, 0.2) is 0 Å². The van der Waals surface area contributed by atoms with Crippen LogP contribution in [0.1, 0.15) is 12.8 Å². The minimum absolute atomic E-state index is 0.540. The fraction of sp³-hybridized carbons (Fsp3) is 1.00. The number of nitrogens with zero attached hydrogens (tertiary/aromatic N) is 2. The maximum absolute atomic E-state index is 9.75. The van der Waals surface area contributed by atoms with Crippen LogP contribution in [0, 0.1) is 11.8 Å². The van der Waals surface area contributed by atoms with Crippen molar-refractivity contribution in [3.8, 4) is 0 Å². The summed E-state index contributed by atoms with van der Waals surface area (Å²) < 4.78 is 51.6. The Kier molecular flexibility index (Phi) is 3.72. The van der Waals surface area contributed by atoms with Gasteiger partial charge in [-0.15, -0.1) is 0 Å². The van der Waals surface area contributed by atoms with Gasteiger partial charge in [-0.25, -0.2) is 4.90 Å². The lowest BCUT2D eigenvalue weighted by Gasteiger charge is -2.50. The van der Waals surface area contributed by atoms with Gasteiger partial charge in [0.25, 0.3) is 0 Å². The molecule has 2 atom stereocenters. The molecule has 132 valence electrons. The minimum Gasteiger partial charge on any atom is -0.418 e. The fourth-order valence-electron chi connectivity index (χ4n) is 6.28. The van der Waals surface area contributed by atoms with E-state index in [-0.39, 0.29) is 0 Å². The Balaban J connectivity index is 0.000000240. The van der Waals surface area contributed by atoms with E-state index >= 15 is 0 Å². The highest BCUT2D eigenvalue weighted by atomic mass is 19.5. The fourth-order valence-corrected chi connectivity index (χ4v) is 6.28. The summed E-state index contributed by atoms with van der Waals surface area (Å²) in [6.45, 7) is 8.75. The average Bonchev–Trinajstić information content (AvgIpc) is 2.79. The van der Waals surface area contributed by atoms with Gasteiger partial charge in [-0.1, -0.05) is 0 Å². The zero-order valence-corrected chi connectivity index (χ0v) is 13.1. The van der Waals surface area contributed by atoms with E-state index in [1.54, 1.807) is 0 Å². The Labute approximate surface area is 133 Å². The van der Waals surface area contributed by atoms with E-state index in [1.165, 1.54) is 43.5 Å². The minimum atomic E-state index is -6.00. The number of hydrogen-bond donors (Lipinski definition) is 0. The number of ether oxygens (including phenoxy) is 2. The summed E-state index contributed by atoms with van der Waals surface area (Å²) >= 11 is 0. The van der Waals surface area contributed by atoms with E-state index in [0.717, 1.165) is 44.3 Å². The SMILES string of the molecule is C1CN(C23[C@@H]4CC(C[C@H]42)[N+]32CCOCC2)CCO1.F[B-](F)(F)F. The molecule has 1 spiro atoms. The van der Waals surface area contributed by atoms with Gasteiger partial charge < -0.3 is 26.7 Å². The van der Waals surface area contributed by atoms with Crippen LogP contribution in [0.5, 0.6) is 0 Å². The standard InChI is InChI=1S/C14H23N2O2.BF4/c1-5-17-6-2-15(1)14-12-9-11(10-13(12)14)16(14)3-7-18-8-4-16;2-1(3,4)5/h11-13H,1-10H2;/q+1;-1/t11?,12-,13-,14?;/m1./s1. The van der Waals surface area contributed by atoms with Crippen molar-refractivity contribution in [3.63, 3.8) is 0 Å². The lowest BCUT2D eigenvalue weighted by Crippen LogP contribution is -2.68. The smallest absolute Gasteiger partial charge is 0.418 e. The Bertz CT molecular complexity index is 448. The van der Waals surface area contributed by atoms with Crippen LogP contribution in [0.4, 0.5) is 17.3 Å².